The van der Waals surface area contributed by atoms with Crippen LogP contribution in [0, 0.1) is 0 Å². The molecular weight excluding hydrogens is 517 g/mol. The molecular formula is C25H29F3N8OS. The number of halogens is 3. The number of H-pyrrole nitrogens is 1. The molecule has 2 aromatic rings. The molecule has 0 amide bonds. The van der Waals surface area contributed by atoms with Crippen LogP contribution in [0.5, 0.6) is 5.75 Å². The van der Waals surface area contributed by atoms with E-state index in [0.717, 1.165) is 49.2 Å². The third-order valence-electron chi connectivity index (χ3n) is 5.17. The Morgan fingerprint density at radius 3 is 2.55 bits per heavy atom. The van der Waals surface area contributed by atoms with Gasteiger partial charge in [-0.1, -0.05) is 30.9 Å². The minimum Gasteiger partial charge on any atom is -0.406 e. The van der Waals surface area contributed by atoms with Crippen molar-refractivity contribution in [2.45, 2.75) is 18.2 Å². The van der Waals surface area contributed by atoms with Gasteiger partial charge in [0.2, 0.25) is 5.96 Å². The summed E-state index contributed by atoms with van der Waals surface area (Å²) < 4.78 is 41.4. The molecule has 1 saturated heterocycles. The van der Waals surface area contributed by atoms with E-state index in [2.05, 4.69) is 53.3 Å². The minimum atomic E-state index is -4.76. The summed E-state index contributed by atoms with van der Waals surface area (Å²) in [5.41, 5.74) is 7.73. The standard InChI is InChI=1S/C25H29F3N8OS/c1-4-6-7-18(5-2)21-16-22(34-33-21)31-23(29)32-24(30-17-36-14-12-35(3)13-15-36)38-20-10-8-19(9-11-20)37-25(26,27)28/h4-11,16-17H,1,12-15H2,2-3H3,(H3,29,31,33,34). The Balaban J connectivity index is 1.81. The number of aromatic nitrogens is 2. The second-order valence-electron chi connectivity index (χ2n) is 8.05. The number of aromatic amines is 1. The molecule has 38 heavy (non-hydrogen) atoms. The number of nitrogens with two attached hydrogens (primary N) is 1. The predicted octanol–water partition coefficient (Wildman–Crippen LogP) is 4.82. The van der Waals surface area contributed by atoms with Crippen molar-refractivity contribution >= 4 is 40.6 Å². The summed E-state index contributed by atoms with van der Waals surface area (Å²) in [6, 6.07) is 7.13. The molecule has 1 aliphatic rings. The van der Waals surface area contributed by atoms with Gasteiger partial charge in [0.15, 0.2) is 11.0 Å². The SMILES string of the molecule is C=CC=CC(=CC)c1cc(N=C(N)N=C(N=CN2CCN(C)CC2)Sc2ccc(OC(F)(F)F)cc2)n[nH]1. The van der Waals surface area contributed by atoms with Crippen molar-refractivity contribution in [2.75, 3.05) is 33.2 Å². The highest BCUT2D eigenvalue weighted by Crippen LogP contribution is 2.27. The van der Waals surface area contributed by atoms with Gasteiger partial charge in [-0.05, 0) is 55.6 Å². The molecule has 0 unspecified atom stereocenters. The maximum absolute atomic E-state index is 12.5. The van der Waals surface area contributed by atoms with Crippen LogP contribution >= 0.6 is 11.8 Å². The van der Waals surface area contributed by atoms with E-state index in [1.165, 1.54) is 24.3 Å². The van der Waals surface area contributed by atoms with Gasteiger partial charge in [0.25, 0.3) is 0 Å². The molecule has 3 N–H and O–H groups in total. The average molecular weight is 547 g/mol. The number of hydrogen-bond acceptors (Lipinski definition) is 5. The Kier molecular flexibility index (Phi) is 10.3. The molecule has 9 nitrogen and oxygen atoms in total. The number of hydrogen-bond donors (Lipinski definition) is 2. The van der Waals surface area contributed by atoms with Crippen LogP contribution in [-0.2, 0) is 0 Å². The number of allylic oxidation sites excluding steroid dienone is 5. The smallest absolute Gasteiger partial charge is 0.406 e. The van der Waals surface area contributed by atoms with E-state index in [9.17, 15) is 13.2 Å². The number of amidine groups is 1. The van der Waals surface area contributed by atoms with Gasteiger partial charge in [-0.25, -0.2) is 4.99 Å². The molecule has 1 aromatic heterocycles. The van der Waals surface area contributed by atoms with Crippen LogP contribution in [0.25, 0.3) is 5.57 Å². The molecule has 1 fully saturated rings. The third kappa shape index (κ3) is 9.56. The zero-order valence-electron chi connectivity index (χ0n) is 21.0. The van der Waals surface area contributed by atoms with Crippen molar-refractivity contribution in [1.29, 1.82) is 0 Å². The van der Waals surface area contributed by atoms with Crippen LogP contribution < -0.4 is 10.5 Å². The van der Waals surface area contributed by atoms with Gasteiger partial charge in [-0.3, -0.25) is 5.10 Å². The summed E-state index contributed by atoms with van der Waals surface area (Å²) in [7, 11) is 2.05. The van der Waals surface area contributed by atoms with E-state index in [1.54, 1.807) is 24.6 Å². The topological polar surface area (TPSA) is 107 Å². The Hall–Kier alpha value is -3.84. The molecule has 1 aromatic carbocycles. The van der Waals surface area contributed by atoms with Crippen molar-refractivity contribution in [2.24, 2.45) is 20.7 Å². The van der Waals surface area contributed by atoms with Crippen molar-refractivity contribution < 1.29 is 17.9 Å². The number of alkyl halides is 3. The Bertz CT molecular complexity index is 1220. The third-order valence-corrected chi connectivity index (χ3v) is 6.06. The molecule has 13 heteroatoms. The fraction of sp³-hybridized carbons (Fsp3) is 0.280. The van der Waals surface area contributed by atoms with Crippen molar-refractivity contribution in [3.63, 3.8) is 0 Å². The molecule has 2 heterocycles. The first-order valence-electron chi connectivity index (χ1n) is 11.6. The lowest BCUT2D eigenvalue weighted by Crippen LogP contribution is -2.43. The molecule has 0 aliphatic carbocycles. The molecule has 1 aliphatic heterocycles. The molecule has 0 atom stereocenters. The summed E-state index contributed by atoms with van der Waals surface area (Å²) in [4.78, 5) is 17.9. The van der Waals surface area contributed by atoms with Crippen LogP contribution in [0.2, 0.25) is 0 Å². The first-order chi connectivity index (χ1) is 18.1. The van der Waals surface area contributed by atoms with E-state index < -0.39 is 6.36 Å². The number of nitrogens with zero attached hydrogens (tertiary/aromatic N) is 6. The monoisotopic (exact) mass is 546 g/mol. The lowest BCUT2D eigenvalue weighted by atomic mass is 10.1. The van der Waals surface area contributed by atoms with Gasteiger partial charge in [-0.15, -0.1) is 13.2 Å². The lowest BCUT2D eigenvalue weighted by molar-refractivity contribution is -0.274. The number of nitrogens with one attached hydrogen (secondary N) is 1. The molecule has 0 radical (unpaired) electrons. The number of rotatable bonds is 7. The number of ether oxygens (including phenoxy) is 1. The summed E-state index contributed by atoms with van der Waals surface area (Å²) in [5, 5.41) is 7.33. The first-order valence-corrected chi connectivity index (χ1v) is 12.4. The zero-order valence-corrected chi connectivity index (χ0v) is 21.8. The normalized spacial score (nSPS) is 16.6. The number of likely N-dealkylation sites (N-methyl/N-ethyl adjacent to an activating group) is 1. The number of aliphatic imine (C=N–C) groups is 3. The first kappa shape index (κ1) is 28.7. The number of thioether (sulfide) groups is 1. The Morgan fingerprint density at radius 1 is 1.21 bits per heavy atom. The van der Waals surface area contributed by atoms with E-state index in [0.29, 0.717) is 10.7 Å². The quantitative estimate of drug-likeness (QED) is 0.223. The van der Waals surface area contributed by atoms with Gasteiger partial charge >= 0.3 is 6.36 Å². The van der Waals surface area contributed by atoms with Crippen molar-refractivity contribution in [1.82, 2.24) is 20.0 Å². The summed E-state index contributed by atoms with van der Waals surface area (Å²) >= 11 is 1.13. The summed E-state index contributed by atoms with van der Waals surface area (Å²) in [6.07, 6.45) is 4.19. The number of guanidine groups is 1. The Labute approximate surface area is 223 Å². The highest BCUT2D eigenvalue weighted by Gasteiger charge is 2.31. The fourth-order valence-corrected chi connectivity index (χ4v) is 3.95. The van der Waals surface area contributed by atoms with Gasteiger partial charge in [0.1, 0.15) is 5.75 Å². The van der Waals surface area contributed by atoms with E-state index >= 15 is 0 Å². The predicted molar refractivity (Wildman–Crippen MR) is 147 cm³/mol. The summed E-state index contributed by atoms with van der Waals surface area (Å²) in [6.45, 7) is 8.96. The highest BCUT2D eigenvalue weighted by atomic mass is 32.2. The largest absolute Gasteiger partial charge is 0.573 e. The van der Waals surface area contributed by atoms with E-state index in [1.807, 2.05) is 19.1 Å². The minimum absolute atomic E-state index is 0.0817. The molecule has 202 valence electrons. The molecule has 0 spiro atoms. The highest BCUT2D eigenvalue weighted by molar-refractivity contribution is 8.14. The van der Waals surface area contributed by atoms with Gasteiger partial charge in [0.05, 0.1) is 12.0 Å². The van der Waals surface area contributed by atoms with E-state index in [4.69, 9.17) is 5.73 Å². The zero-order chi connectivity index (χ0) is 27.5. The summed E-state index contributed by atoms with van der Waals surface area (Å²) in [5.74, 6) is -0.0736. The fourth-order valence-electron chi connectivity index (χ4n) is 3.23. The number of piperazine rings is 1. The second-order valence-corrected chi connectivity index (χ2v) is 9.09. The maximum atomic E-state index is 12.5. The second kappa shape index (κ2) is 13.6. The van der Waals surface area contributed by atoms with Crippen LogP contribution in [0.3, 0.4) is 0 Å². The molecule has 0 saturated carbocycles. The average Bonchev–Trinajstić information content (AvgIpc) is 3.32. The van der Waals surface area contributed by atoms with Crippen molar-refractivity contribution in [3.05, 3.63) is 66.9 Å². The van der Waals surface area contributed by atoms with Gasteiger partial charge in [-0.2, -0.15) is 15.1 Å². The van der Waals surface area contributed by atoms with Crippen molar-refractivity contribution in [3.8, 4) is 5.75 Å². The number of benzene rings is 1. The lowest BCUT2D eigenvalue weighted by Gasteiger charge is -2.30. The van der Waals surface area contributed by atoms with Crippen LogP contribution in [0.4, 0.5) is 19.0 Å². The Morgan fingerprint density at radius 2 is 1.92 bits per heavy atom. The maximum Gasteiger partial charge on any atom is 0.573 e. The van der Waals surface area contributed by atoms with Crippen LogP contribution in [0.1, 0.15) is 12.6 Å². The van der Waals surface area contributed by atoms with E-state index in [-0.39, 0.29) is 16.9 Å². The van der Waals surface area contributed by atoms with Gasteiger partial charge < -0.3 is 20.3 Å². The van der Waals surface area contributed by atoms with Crippen LogP contribution in [-0.4, -0.2) is 77.1 Å². The molecule has 0 bridgehead atoms. The van der Waals surface area contributed by atoms with Crippen LogP contribution in [0.15, 0.2) is 81.1 Å². The molecule has 3 rings (SSSR count). The van der Waals surface area contributed by atoms with Gasteiger partial charge in [0, 0.05) is 37.1 Å².